The Morgan fingerprint density at radius 3 is 2.38 bits per heavy atom. The Labute approximate surface area is 99.2 Å². The predicted molar refractivity (Wildman–Crippen MR) is 62.0 cm³/mol. The lowest BCUT2D eigenvalue weighted by Crippen LogP contribution is -2.10. The molecule has 0 heterocycles. The Kier molecular flexibility index (Phi) is 3.01. The molecule has 0 fully saturated rings. The maximum Gasteiger partial charge on any atom is 0.300 e. The van der Waals surface area contributed by atoms with E-state index in [1.807, 2.05) is 0 Å². The molecule has 0 aliphatic rings. The van der Waals surface area contributed by atoms with Crippen molar-refractivity contribution in [3.63, 3.8) is 0 Å². The molecule has 0 bridgehead atoms. The molecule has 82 valence electrons. The van der Waals surface area contributed by atoms with Gasteiger partial charge in [0.1, 0.15) is 0 Å². The molecule has 0 amide bonds. The number of alkyl halides is 2. The van der Waals surface area contributed by atoms with E-state index < -0.39 is 12.2 Å². The summed E-state index contributed by atoms with van der Waals surface area (Å²) >= 11 is 3.27. The van der Waals surface area contributed by atoms with Gasteiger partial charge in [-0.15, -0.1) is 0 Å². The van der Waals surface area contributed by atoms with E-state index in [1.54, 1.807) is 30.3 Å². The van der Waals surface area contributed by atoms with E-state index in [9.17, 15) is 13.6 Å². The molecule has 0 saturated heterocycles. The monoisotopic (exact) mass is 284 g/mol. The van der Waals surface area contributed by atoms with Crippen molar-refractivity contribution >= 4 is 32.5 Å². The molecule has 16 heavy (non-hydrogen) atoms. The van der Waals surface area contributed by atoms with Gasteiger partial charge in [0.15, 0.2) is 0 Å². The van der Waals surface area contributed by atoms with Gasteiger partial charge in [-0.3, -0.25) is 4.79 Å². The highest BCUT2D eigenvalue weighted by Gasteiger charge is 2.20. The second-order valence-electron chi connectivity index (χ2n) is 3.31. The van der Waals surface area contributed by atoms with Crippen LogP contribution in [-0.4, -0.2) is 12.2 Å². The van der Waals surface area contributed by atoms with Gasteiger partial charge in [-0.05, 0) is 11.5 Å². The standard InChI is InChI=1S/C12H7BrF2O/c13-9-6-2-4-7-3-1-5-8(10(7)9)11(16)12(14)15/h1-6,12H. The molecule has 1 nitrogen and oxygen atoms in total. The van der Waals surface area contributed by atoms with Gasteiger partial charge in [0.2, 0.25) is 5.78 Å². The zero-order chi connectivity index (χ0) is 11.7. The smallest absolute Gasteiger partial charge is 0.288 e. The van der Waals surface area contributed by atoms with E-state index in [0.717, 1.165) is 5.39 Å². The van der Waals surface area contributed by atoms with Crippen LogP contribution in [0.3, 0.4) is 0 Å². The molecule has 0 radical (unpaired) electrons. The van der Waals surface area contributed by atoms with Gasteiger partial charge in [0, 0.05) is 15.4 Å². The molecule has 0 unspecified atom stereocenters. The summed E-state index contributed by atoms with van der Waals surface area (Å²) in [6.45, 7) is 0. The number of fused-ring (bicyclic) bond motifs is 1. The third kappa shape index (κ3) is 1.85. The third-order valence-corrected chi connectivity index (χ3v) is 2.98. The van der Waals surface area contributed by atoms with Crippen LogP contribution in [0.4, 0.5) is 8.78 Å². The Morgan fingerprint density at radius 2 is 1.75 bits per heavy atom. The predicted octanol–water partition coefficient (Wildman–Crippen LogP) is 4.05. The van der Waals surface area contributed by atoms with Crippen molar-refractivity contribution in [2.45, 2.75) is 6.43 Å². The van der Waals surface area contributed by atoms with Gasteiger partial charge in [-0.2, -0.15) is 0 Å². The summed E-state index contributed by atoms with van der Waals surface area (Å²) in [6.07, 6.45) is -2.97. The highest BCUT2D eigenvalue weighted by Crippen LogP contribution is 2.28. The number of benzene rings is 2. The number of rotatable bonds is 2. The fraction of sp³-hybridized carbons (Fsp3) is 0.0833. The van der Waals surface area contributed by atoms with Crippen LogP contribution in [0.5, 0.6) is 0 Å². The van der Waals surface area contributed by atoms with Gasteiger partial charge in [-0.25, -0.2) is 8.78 Å². The number of halogens is 3. The third-order valence-electron chi connectivity index (χ3n) is 2.32. The fourth-order valence-electron chi connectivity index (χ4n) is 1.62. The topological polar surface area (TPSA) is 17.1 Å². The van der Waals surface area contributed by atoms with Crippen molar-refractivity contribution < 1.29 is 13.6 Å². The summed E-state index contributed by atoms with van der Waals surface area (Å²) < 4.78 is 25.5. The van der Waals surface area contributed by atoms with E-state index in [0.29, 0.717) is 9.86 Å². The van der Waals surface area contributed by atoms with Crippen molar-refractivity contribution in [3.8, 4) is 0 Å². The van der Waals surface area contributed by atoms with Crippen molar-refractivity contribution in [3.05, 3.63) is 46.4 Å². The van der Waals surface area contributed by atoms with Crippen LogP contribution < -0.4 is 0 Å². The van der Waals surface area contributed by atoms with Crippen LogP contribution in [-0.2, 0) is 0 Å². The fourth-order valence-corrected chi connectivity index (χ4v) is 2.21. The minimum atomic E-state index is -2.97. The molecule has 4 heteroatoms. The van der Waals surface area contributed by atoms with Crippen LogP contribution in [0.2, 0.25) is 0 Å². The molecule has 0 atom stereocenters. The second-order valence-corrected chi connectivity index (χ2v) is 4.16. The molecule has 0 aromatic heterocycles. The summed E-state index contributed by atoms with van der Waals surface area (Å²) in [4.78, 5) is 11.3. The number of hydrogen-bond donors (Lipinski definition) is 0. The van der Waals surface area contributed by atoms with E-state index in [2.05, 4.69) is 15.9 Å². The van der Waals surface area contributed by atoms with Gasteiger partial charge >= 0.3 is 6.43 Å². The van der Waals surface area contributed by atoms with Crippen molar-refractivity contribution in [1.29, 1.82) is 0 Å². The molecule has 0 saturated carbocycles. The van der Waals surface area contributed by atoms with E-state index in [-0.39, 0.29) is 5.56 Å². The normalized spacial score (nSPS) is 11.0. The van der Waals surface area contributed by atoms with Gasteiger partial charge < -0.3 is 0 Å². The van der Waals surface area contributed by atoms with Crippen molar-refractivity contribution in [1.82, 2.24) is 0 Å². The minimum Gasteiger partial charge on any atom is -0.288 e. The van der Waals surface area contributed by atoms with Crippen molar-refractivity contribution in [2.75, 3.05) is 0 Å². The Bertz CT molecular complexity index is 546. The van der Waals surface area contributed by atoms with Crippen LogP contribution in [0.15, 0.2) is 40.9 Å². The zero-order valence-electron chi connectivity index (χ0n) is 8.08. The highest BCUT2D eigenvalue weighted by molar-refractivity contribution is 9.10. The molecule has 2 rings (SSSR count). The maximum absolute atomic E-state index is 12.4. The van der Waals surface area contributed by atoms with Crippen LogP contribution in [0.1, 0.15) is 10.4 Å². The molecular formula is C12H7BrF2O. The first kappa shape index (κ1) is 11.2. The molecule has 0 N–H and O–H groups in total. The summed E-state index contributed by atoms with van der Waals surface area (Å²) in [7, 11) is 0. The number of ketones is 1. The molecule has 0 aliphatic heterocycles. The van der Waals surface area contributed by atoms with E-state index in [1.165, 1.54) is 6.07 Å². The Hall–Kier alpha value is -1.29. The number of Topliss-reactive ketones (excluding diaryl/α,β-unsaturated/α-hetero) is 1. The molecular weight excluding hydrogens is 278 g/mol. The largest absolute Gasteiger partial charge is 0.300 e. The molecule has 2 aromatic carbocycles. The average Bonchev–Trinajstić information content (AvgIpc) is 2.27. The number of carbonyl (C=O) groups excluding carboxylic acids is 1. The summed E-state index contributed by atoms with van der Waals surface area (Å²) in [5, 5.41) is 1.30. The number of carbonyl (C=O) groups is 1. The quantitative estimate of drug-likeness (QED) is 0.761. The molecule has 0 spiro atoms. The van der Waals surface area contributed by atoms with Gasteiger partial charge in [-0.1, -0.05) is 46.3 Å². The Morgan fingerprint density at radius 1 is 1.12 bits per heavy atom. The van der Waals surface area contributed by atoms with Gasteiger partial charge in [0.25, 0.3) is 0 Å². The first-order valence-corrected chi connectivity index (χ1v) is 5.40. The van der Waals surface area contributed by atoms with E-state index in [4.69, 9.17) is 0 Å². The highest BCUT2D eigenvalue weighted by atomic mass is 79.9. The second kappa shape index (κ2) is 4.29. The van der Waals surface area contributed by atoms with Crippen LogP contribution in [0.25, 0.3) is 10.8 Å². The van der Waals surface area contributed by atoms with Crippen molar-refractivity contribution in [2.24, 2.45) is 0 Å². The van der Waals surface area contributed by atoms with E-state index >= 15 is 0 Å². The summed E-state index contributed by atoms with van der Waals surface area (Å²) in [6, 6.07) is 10.1. The summed E-state index contributed by atoms with van der Waals surface area (Å²) in [5.41, 5.74) is 0.0555. The number of hydrogen-bond acceptors (Lipinski definition) is 1. The van der Waals surface area contributed by atoms with Crippen LogP contribution >= 0.6 is 15.9 Å². The lowest BCUT2D eigenvalue weighted by Gasteiger charge is -2.06. The maximum atomic E-state index is 12.4. The SMILES string of the molecule is O=C(c1cccc2cccc(Br)c12)C(F)F. The zero-order valence-corrected chi connectivity index (χ0v) is 9.67. The lowest BCUT2D eigenvalue weighted by molar-refractivity contribution is 0.0680. The Balaban J connectivity index is 2.75. The van der Waals surface area contributed by atoms with Gasteiger partial charge in [0.05, 0.1) is 0 Å². The average molecular weight is 285 g/mol. The molecule has 2 aromatic rings. The minimum absolute atomic E-state index is 0.0555. The first-order chi connectivity index (χ1) is 7.61. The lowest BCUT2D eigenvalue weighted by atomic mass is 10.0. The molecule has 0 aliphatic carbocycles. The van der Waals surface area contributed by atoms with Crippen LogP contribution in [0, 0.1) is 0 Å². The summed E-state index contributed by atoms with van der Waals surface area (Å²) in [5.74, 6) is -1.14. The first-order valence-electron chi connectivity index (χ1n) is 4.61.